The zero-order valence-electron chi connectivity index (χ0n) is 5.62. The average molecular weight is 128 g/mol. The first-order valence-electron chi connectivity index (χ1n) is 3.02. The van der Waals surface area contributed by atoms with Gasteiger partial charge in [-0.1, -0.05) is 12.0 Å². The Bertz CT molecular complexity index is 106. The van der Waals surface area contributed by atoms with Crippen LogP contribution in [0.3, 0.4) is 0 Å². The van der Waals surface area contributed by atoms with Crippen LogP contribution in [0.5, 0.6) is 0 Å². The second kappa shape index (κ2) is 5.41. The molecule has 0 unspecified atom stereocenters. The summed E-state index contributed by atoms with van der Waals surface area (Å²) in [5.41, 5.74) is 13.2. The minimum Gasteiger partial charge on any atom is -0.330 e. The molecule has 0 saturated carbocycles. The molecule has 4 heteroatoms. The summed E-state index contributed by atoms with van der Waals surface area (Å²) in [4.78, 5) is 2.64. The number of rotatable bonds is 4. The Balaban J connectivity index is 3.25. The fraction of sp³-hybridized carbons (Fsp3) is 1.00. The van der Waals surface area contributed by atoms with Gasteiger partial charge in [0.25, 0.3) is 0 Å². The van der Waals surface area contributed by atoms with Gasteiger partial charge < -0.3 is 5.73 Å². The van der Waals surface area contributed by atoms with Crippen LogP contribution in [0, 0.1) is 5.92 Å². The number of hydrogen-bond acceptors (Lipinski definition) is 2. The van der Waals surface area contributed by atoms with Gasteiger partial charge in [-0.25, -0.2) is 0 Å². The van der Waals surface area contributed by atoms with Gasteiger partial charge in [-0.3, -0.25) is 0 Å². The Morgan fingerprint density at radius 2 is 2.44 bits per heavy atom. The maximum atomic E-state index is 7.91. The van der Waals surface area contributed by atoms with E-state index in [-0.39, 0.29) is 0 Å². The topological polar surface area (TPSA) is 74.8 Å². The normalized spacial score (nSPS) is 12.2. The summed E-state index contributed by atoms with van der Waals surface area (Å²) >= 11 is 0. The van der Waals surface area contributed by atoms with Gasteiger partial charge in [0.2, 0.25) is 0 Å². The van der Waals surface area contributed by atoms with Gasteiger partial charge >= 0.3 is 0 Å². The van der Waals surface area contributed by atoms with Crippen molar-refractivity contribution in [2.24, 2.45) is 16.8 Å². The first-order valence-corrected chi connectivity index (χ1v) is 3.02. The first-order chi connectivity index (χ1) is 4.31. The van der Waals surface area contributed by atoms with E-state index in [4.69, 9.17) is 11.3 Å². The molecule has 0 aliphatic heterocycles. The largest absolute Gasteiger partial charge is 0.330 e. The molecule has 4 nitrogen and oxygen atoms in total. The number of hydrogen-bond donors (Lipinski definition) is 1. The third-order valence-corrected chi connectivity index (χ3v) is 1.12. The molecule has 0 fully saturated rings. The zero-order valence-corrected chi connectivity index (χ0v) is 5.62. The summed E-state index contributed by atoms with van der Waals surface area (Å²) in [6.45, 7) is 3.25. The summed E-state index contributed by atoms with van der Waals surface area (Å²) in [7, 11) is 0. The smallest absolute Gasteiger partial charge is 0.0284 e. The number of nitrogens with two attached hydrogens (primary N) is 1. The van der Waals surface area contributed by atoms with Crippen molar-refractivity contribution < 1.29 is 0 Å². The summed E-state index contributed by atoms with van der Waals surface area (Å²) in [5.74, 6) is 0.422. The Labute approximate surface area is 54.7 Å². The van der Waals surface area contributed by atoms with Gasteiger partial charge in [0.15, 0.2) is 0 Å². The Morgan fingerprint density at radius 3 is 2.89 bits per heavy atom. The third kappa shape index (κ3) is 5.14. The van der Waals surface area contributed by atoms with E-state index in [0.29, 0.717) is 19.0 Å². The molecule has 0 bridgehead atoms. The summed E-state index contributed by atoms with van der Waals surface area (Å²) in [6, 6.07) is 0. The van der Waals surface area contributed by atoms with Crippen LogP contribution in [0.15, 0.2) is 5.11 Å². The van der Waals surface area contributed by atoms with E-state index in [2.05, 4.69) is 10.0 Å². The third-order valence-electron chi connectivity index (χ3n) is 1.12. The second-order valence-corrected chi connectivity index (χ2v) is 2.10. The van der Waals surface area contributed by atoms with Crippen molar-refractivity contribution >= 4 is 0 Å². The van der Waals surface area contributed by atoms with Gasteiger partial charge in [-0.2, -0.15) is 0 Å². The van der Waals surface area contributed by atoms with Crippen molar-refractivity contribution in [3.8, 4) is 0 Å². The monoisotopic (exact) mass is 128 g/mol. The van der Waals surface area contributed by atoms with E-state index < -0.39 is 0 Å². The van der Waals surface area contributed by atoms with E-state index in [1.165, 1.54) is 0 Å². The molecule has 0 aromatic carbocycles. The van der Waals surface area contributed by atoms with Crippen LogP contribution in [0.4, 0.5) is 0 Å². The fourth-order valence-corrected chi connectivity index (χ4v) is 0.552. The molecular formula is C5H12N4. The van der Waals surface area contributed by atoms with Crippen LogP contribution in [-0.2, 0) is 0 Å². The molecule has 0 aromatic rings. The summed E-state index contributed by atoms with van der Waals surface area (Å²) in [5, 5.41) is 3.42. The van der Waals surface area contributed by atoms with Crippen molar-refractivity contribution in [1.29, 1.82) is 0 Å². The highest BCUT2D eigenvalue weighted by molar-refractivity contribution is 4.56. The quantitative estimate of drug-likeness (QED) is 0.345. The Hall–Kier alpha value is -0.730. The Kier molecular flexibility index (Phi) is 4.97. The maximum Gasteiger partial charge on any atom is 0.0284 e. The lowest BCUT2D eigenvalue weighted by Gasteiger charge is -2.02. The molecule has 0 aromatic heterocycles. The van der Waals surface area contributed by atoms with Crippen LogP contribution in [0.25, 0.3) is 10.4 Å². The number of azide groups is 1. The lowest BCUT2D eigenvalue weighted by molar-refractivity contribution is 0.551. The summed E-state index contributed by atoms with van der Waals surface area (Å²) in [6.07, 6.45) is 0.930. The molecule has 0 saturated heterocycles. The maximum absolute atomic E-state index is 7.91. The standard InChI is InChI=1S/C5H12N4/c1-5(2-3-6)4-8-9-7/h5H,2-4,6H2,1H3/t5-/m0/s1. The molecule has 0 rings (SSSR count). The molecule has 0 amide bonds. The Morgan fingerprint density at radius 1 is 1.78 bits per heavy atom. The van der Waals surface area contributed by atoms with E-state index >= 15 is 0 Å². The van der Waals surface area contributed by atoms with Crippen LogP contribution < -0.4 is 5.73 Å². The SMILES string of the molecule is C[C@@H](CCN)CN=[N+]=[N-]. The predicted molar refractivity (Wildman–Crippen MR) is 36.8 cm³/mol. The molecule has 1 atom stereocenters. The van der Waals surface area contributed by atoms with E-state index in [1.54, 1.807) is 0 Å². The highest BCUT2D eigenvalue weighted by Gasteiger charge is 1.95. The predicted octanol–water partition coefficient (Wildman–Crippen LogP) is 1.28. The molecule has 0 radical (unpaired) electrons. The van der Waals surface area contributed by atoms with Gasteiger partial charge in [0.05, 0.1) is 0 Å². The lowest BCUT2D eigenvalue weighted by atomic mass is 10.1. The van der Waals surface area contributed by atoms with E-state index in [9.17, 15) is 0 Å². The van der Waals surface area contributed by atoms with Crippen LogP contribution in [0.1, 0.15) is 13.3 Å². The van der Waals surface area contributed by atoms with E-state index in [1.807, 2.05) is 6.92 Å². The van der Waals surface area contributed by atoms with Gasteiger partial charge in [0, 0.05) is 11.5 Å². The highest BCUT2D eigenvalue weighted by atomic mass is 15.1. The molecule has 0 heterocycles. The fourth-order valence-electron chi connectivity index (χ4n) is 0.552. The van der Waals surface area contributed by atoms with Crippen LogP contribution in [0.2, 0.25) is 0 Å². The lowest BCUT2D eigenvalue weighted by Crippen LogP contribution is -2.07. The molecular weight excluding hydrogens is 116 g/mol. The van der Waals surface area contributed by atoms with E-state index in [0.717, 1.165) is 6.42 Å². The molecule has 2 N–H and O–H groups in total. The average Bonchev–Trinajstić information content (AvgIpc) is 1.85. The van der Waals surface area contributed by atoms with Crippen molar-refractivity contribution in [3.05, 3.63) is 10.4 Å². The van der Waals surface area contributed by atoms with Crippen molar-refractivity contribution in [1.82, 2.24) is 0 Å². The molecule has 0 aliphatic rings. The summed E-state index contributed by atoms with van der Waals surface area (Å²) < 4.78 is 0. The van der Waals surface area contributed by atoms with Crippen molar-refractivity contribution in [2.45, 2.75) is 13.3 Å². The molecule has 9 heavy (non-hydrogen) atoms. The molecule has 0 aliphatic carbocycles. The molecule has 52 valence electrons. The zero-order chi connectivity index (χ0) is 7.11. The molecule has 0 spiro atoms. The van der Waals surface area contributed by atoms with Gasteiger partial charge in [-0.05, 0) is 24.4 Å². The van der Waals surface area contributed by atoms with Crippen LogP contribution >= 0.6 is 0 Å². The van der Waals surface area contributed by atoms with Gasteiger partial charge in [-0.15, -0.1) is 0 Å². The first kappa shape index (κ1) is 8.27. The number of nitrogens with zero attached hydrogens (tertiary/aromatic N) is 3. The second-order valence-electron chi connectivity index (χ2n) is 2.10. The van der Waals surface area contributed by atoms with Crippen LogP contribution in [-0.4, -0.2) is 13.1 Å². The van der Waals surface area contributed by atoms with Crippen molar-refractivity contribution in [3.63, 3.8) is 0 Å². The minimum atomic E-state index is 0.422. The van der Waals surface area contributed by atoms with Gasteiger partial charge in [0.1, 0.15) is 0 Å². The highest BCUT2D eigenvalue weighted by Crippen LogP contribution is 1.99. The van der Waals surface area contributed by atoms with Crippen molar-refractivity contribution in [2.75, 3.05) is 13.1 Å². The minimum absolute atomic E-state index is 0.422.